The summed E-state index contributed by atoms with van der Waals surface area (Å²) < 4.78 is 2.33. The van der Waals surface area contributed by atoms with Gasteiger partial charge < -0.3 is 9.88 Å². The van der Waals surface area contributed by atoms with Crippen molar-refractivity contribution in [3.8, 4) is 6.07 Å². The van der Waals surface area contributed by atoms with Gasteiger partial charge in [0.25, 0.3) is 0 Å². The van der Waals surface area contributed by atoms with Crippen molar-refractivity contribution in [1.82, 2.24) is 9.88 Å². The maximum atomic E-state index is 9.37. The number of hydrogen-bond acceptors (Lipinski definition) is 2. The van der Waals surface area contributed by atoms with Gasteiger partial charge in [-0.2, -0.15) is 5.26 Å². The molecule has 0 aliphatic carbocycles. The summed E-state index contributed by atoms with van der Waals surface area (Å²) in [5.41, 5.74) is 6.16. The molecule has 3 aromatic rings. The summed E-state index contributed by atoms with van der Waals surface area (Å²) in [5, 5.41) is 14.1. The molecule has 0 spiro atoms. The van der Waals surface area contributed by atoms with E-state index in [1.165, 1.54) is 40.4 Å². The van der Waals surface area contributed by atoms with Crippen LogP contribution >= 0.6 is 0 Å². The number of hydrogen-bond donors (Lipinski definition) is 1. The van der Waals surface area contributed by atoms with E-state index in [4.69, 9.17) is 0 Å². The van der Waals surface area contributed by atoms with Crippen LogP contribution in [0.1, 0.15) is 61.8 Å². The first-order valence-corrected chi connectivity index (χ1v) is 10.3. The third-order valence-corrected chi connectivity index (χ3v) is 5.99. The van der Waals surface area contributed by atoms with Crippen LogP contribution in [0.3, 0.4) is 0 Å². The van der Waals surface area contributed by atoms with Crippen molar-refractivity contribution in [3.63, 3.8) is 0 Å². The Bertz CT molecular complexity index is 1010. The molecule has 1 aliphatic heterocycles. The SMILES string of the molecule is CC(C)(C)c1ccc(Cn2cc(C3CCNCC3)c3ccc(C#N)cc32)cc1. The van der Waals surface area contributed by atoms with E-state index in [2.05, 4.69) is 73.3 Å². The number of nitrogens with one attached hydrogen (secondary N) is 1. The van der Waals surface area contributed by atoms with Crippen LogP contribution in [0.4, 0.5) is 0 Å². The molecule has 0 radical (unpaired) electrons. The fourth-order valence-corrected chi connectivity index (χ4v) is 4.29. The molecule has 3 nitrogen and oxygen atoms in total. The first-order valence-electron chi connectivity index (χ1n) is 10.3. The van der Waals surface area contributed by atoms with Gasteiger partial charge >= 0.3 is 0 Å². The molecule has 144 valence electrons. The molecule has 28 heavy (non-hydrogen) atoms. The molecule has 1 aromatic heterocycles. The summed E-state index contributed by atoms with van der Waals surface area (Å²) in [6.45, 7) is 9.74. The van der Waals surface area contributed by atoms with E-state index in [-0.39, 0.29) is 5.41 Å². The highest BCUT2D eigenvalue weighted by molar-refractivity contribution is 5.86. The van der Waals surface area contributed by atoms with Crippen LogP contribution in [-0.2, 0) is 12.0 Å². The lowest BCUT2D eigenvalue weighted by molar-refractivity contribution is 0.461. The Kier molecular flexibility index (Phi) is 5.00. The molecule has 0 unspecified atom stereocenters. The standard InChI is InChI=1S/C25H29N3/c1-25(2,3)21-7-4-18(5-8-21)16-28-17-23(20-10-12-27-13-11-20)22-9-6-19(15-26)14-24(22)28/h4-9,14,17,20,27H,10-13,16H2,1-3H3. The van der Waals surface area contributed by atoms with E-state index in [1.807, 2.05) is 12.1 Å². The lowest BCUT2D eigenvalue weighted by Crippen LogP contribution is -2.26. The fourth-order valence-electron chi connectivity index (χ4n) is 4.29. The average Bonchev–Trinajstić information content (AvgIpc) is 3.06. The number of piperidine rings is 1. The van der Waals surface area contributed by atoms with Gasteiger partial charge in [0.15, 0.2) is 0 Å². The van der Waals surface area contributed by atoms with E-state index >= 15 is 0 Å². The minimum Gasteiger partial charge on any atom is -0.343 e. The Balaban J connectivity index is 1.72. The smallest absolute Gasteiger partial charge is 0.0992 e. The lowest BCUT2D eigenvalue weighted by atomic mass is 9.87. The van der Waals surface area contributed by atoms with Crippen molar-refractivity contribution >= 4 is 10.9 Å². The predicted molar refractivity (Wildman–Crippen MR) is 116 cm³/mol. The van der Waals surface area contributed by atoms with Crippen molar-refractivity contribution in [1.29, 1.82) is 5.26 Å². The van der Waals surface area contributed by atoms with Crippen molar-refractivity contribution in [2.45, 2.75) is 51.5 Å². The molecule has 0 amide bonds. The van der Waals surface area contributed by atoms with Gasteiger partial charge in [-0.05, 0) is 66.1 Å². The highest BCUT2D eigenvalue weighted by atomic mass is 15.0. The molecule has 3 heteroatoms. The van der Waals surface area contributed by atoms with Gasteiger partial charge in [0.05, 0.1) is 11.6 Å². The Morgan fingerprint density at radius 1 is 1.07 bits per heavy atom. The summed E-state index contributed by atoms with van der Waals surface area (Å²) in [6.07, 6.45) is 4.69. The first-order chi connectivity index (χ1) is 13.5. The van der Waals surface area contributed by atoms with E-state index in [9.17, 15) is 5.26 Å². The zero-order valence-corrected chi connectivity index (χ0v) is 17.1. The Morgan fingerprint density at radius 3 is 2.43 bits per heavy atom. The topological polar surface area (TPSA) is 40.8 Å². The zero-order chi connectivity index (χ0) is 19.7. The third-order valence-electron chi connectivity index (χ3n) is 5.99. The molecule has 0 saturated carbocycles. The van der Waals surface area contributed by atoms with Crippen LogP contribution in [0.15, 0.2) is 48.7 Å². The zero-order valence-electron chi connectivity index (χ0n) is 17.1. The monoisotopic (exact) mass is 371 g/mol. The van der Waals surface area contributed by atoms with E-state index in [1.54, 1.807) is 0 Å². The van der Waals surface area contributed by atoms with Crippen LogP contribution in [-0.4, -0.2) is 17.7 Å². The van der Waals surface area contributed by atoms with Crippen LogP contribution < -0.4 is 5.32 Å². The third kappa shape index (κ3) is 3.70. The average molecular weight is 372 g/mol. The summed E-state index contributed by atoms with van der Waals surface area (Å²) in [5.74, 6) is 0.598. The highest BCUT2D eigenvalue weighted by Gasteiger charge is 2.20. The van der Waals surface area contributed by atoms with Crippen molar-refractivity contribution in [2.24, 2.45) is 0 Å². The van der Waals surface area contributed by atoms with Crippen molar-refractivity contribution in [3.05, 3.63) is 70.9 Å². The molecular weight excluding hydrogens is 342 g/mol. The molecule has 0 atom stereocenters. The largest absolute Gasteiger partial charge is 0.343 e. The summed E-state index contributed by atoms with van der Waals surface area (Å²) >= 11 is 0. The molecule has 2 aromatic carbocycles. The quantitative estimate of drug-likeness (QED) is 0.676. The van der Waals surface area contributed by atoms with E-state index in [0.717, 1.165) is 25.2 Å². The Hall–Kier alpha value is -2.57. The van der Waals surface area contributed by atoms with Gasteiger partial charge in [-0.15, -0.1) is 0 Å². The molecule has 1 N–H and O–H groups in total. The lowest BCUT2D eigenvalue weighted by Gasteiger charge is -2.22. The Labute approximate surface area is 168 Å². The summed E-state index contributed by atoms with van der Waals surface area (Å²) in [6, 6.07) is 17.4. The van der Waals surface area contributed by atoms with Gasteiger partial charge in [0.1, 0.15) is 0 Å². The number of aromatic nitrogens is 1. The predicted octanol–water partition coefficient (Wildman–Crippen LogP) is 5.33. The van der Waals surface area contributed by atoms with E-state index in [0.29, 0.717) is 5.92 Å². The molecule has 1 saturated heterocycles. The second-order valence-electron chi connectivity index (χ2n) is 9.03. The molecular formula is C25H29N3. The number of nitriles is 1. The Morgan fingerprint density at radius 2 is 1.79 bits per heavy atom. The minimum absolute atomic E-state index is 0.169. The van der Waals surface area contributed by atoms with Gasteiger partial charge in [-0.25, -0.2) is 0 Å². The van der Waals surface area contributed by atoms with Gasteiger partial charge in [0, 0.05) is 23.6 Å². The number of fused-ring (bicyclic) bond motifs is 1. The second kappa shape index (κ2) is 7.45. The van der Waals surface area contributed by atoms with Crippen LogP contribution in [0.25, 0.3) is 10.9 Å². The van der Waals surface area contributed by atoms with Gasteiger partial charge in [0.2, 0.25) is 0 Å². The number of benzene rings is 2. The van der Waals surface area contributed by atoms with Crippen molar-refractivity contribution < 1.29 is 0 Å². The fraction of sp³-hybridized carbons (Fsp3) is 0.400. The normalized spacial score (nSPS) is 15.6. The van der Waals surface area contributed by atoms with Crippen molar-refractivity contribution in [2.75, 3.05) is 13.1 Å². The van der Waals surface area contributed by atoms with Gasteiger partial charge in [-0.1, -0.05) is 51.1 Å². The minimum atomic E-state index is 0.169. The maximum Gasteiger partial charge on any atom is 0.0992 e. The summed E-state index contributed by atoms with van der Waals surface area (Å²) in [4.78, 5) is 0. The maximum absolute atomic E-state index is 9.37. The second-order valence-corrected chi connectivity index (χ2v) is 9.03. The molecule has 0 bridgehead atoms. The molecule has 4 rings (SSSR count). The molecule has 1 aliphatic rings. The molecule has 1 fully saturated rings. The van der Waals surface area contributed by atoms with Gasteiger partial charge in [-0.3, -0.25) is 0 Å². The first kappa shape index (κ1) is 18.8. The number of rotatable bonds is 3. The number of nitrogens with zero attached hydrogens (tertiary/aromatic N) is 2. The van der Waals surface area contributed by atoms with Crippen LogP contribution in [0.2, 0.25) is 0 Å². The molecule has 2 heterocycles. The van der Waals surface area contributed by atoms with Crippen LogP contribution in [0.5, 0.6) is 0 Å². The summed E-state index contributed by atoms with van der Waals surface area (Å²) in [7, 11) is 0. The highest BCUT2D eigenvalue weighted by Crippen LogP contribution is 2.34. The van der Waals surface area contributed by atoms with Crippen LogP contribution in [0, 0.1) is 11.3 Å². The van der Waals surface area contributed by atoms with E-state index < -0.39 is 0 Å².